The van der Waals surface area contributed by atoms with Crippen molar-refractivity contribution in [1.29, 1.82) is 0 Å². The van der Waals surface area contributed by atoms with Crippen molar-refractivity contribution in [3.63, 3.8) is 0 Å². The number of hydrogen-bond donors (Lipinski definition) is 0. The zero-order chi connectivity index (χ0) is 22.9. The van der Waals surface area contributed by atoms with E-state index in [9.17, 15) is 14.0 Å². The van der Waals surface area contributed by atoms with Crippen molar-refractivity contribution in [2.24, 2.45) is 0 Å². The number of halogens is 1. The third-order valence-corrected chi connectivity index (χ3v) is 6.55. The van der Waals surface area contributed by atoms with Crippen molar-refractivity contribution >= 4 is 11.8 Å². The molecule has 33 heavy (non-hydrogen) atoms. The number of likely N-dealkylation sites (N-methyl/N-ethyl adjacent to an activating group) is 1. The fraction of sp³-hybridized carbons (Fsp3) is 0.320. The van der Waals surface area contributed by atoms with E-state index in [4.69, 9.17) is 0 Å². The summed E-state index contributed by atoms with van der Waals surface area (Å²) >= 11 is 0. The molecule has 1 aromatic heterocycles. The van der Waals surface area contributed by atoms with Crippen LogP contribution < -0.4 is 0 Å². The van der Waals surface area contributed by atoms with Crippen LogP contribution in [-0.4, -0.2) is 75.1 Å². The Kier molecular flexibility index (Phi) is 5.68. The highest BCUT2D eigenvalue weighted by atomic mass is 19.1. The first-order chi connectivity index (χ1) is 16.0. The van der Waals surface area contributed by atoms with Crippen LogP contribution in [0.4, 0.5) is 4.39 Å². The maximum Gasteiger partial charge on any atom is 0.247 e. The molecule has 0 bridgehead atoms. The molecule has 0 radical (unpaired) electrons. The van der Waals surface area contributed by atoms with Gasteiger partial charge in [0.2, 0.25) is 11.8 Å². The first-order valence-electron chi connectivity index (χ1n) is 11.1. The fourth-order valence-electron chi connectivity index (χ4n) is 4.73. The predicted molar refractivity (Wildman–Crippen MR) is 121 cm³/mol. The van der Waals surface area contributed by atoms with E-state index in [-0.39, 0.29) is 17.6 Å². The molecule has 3 aromatic rings. The molecule has 2 aliphatic heterocycles. The Bertz CT molecular complexity index is 1160. The summed E-state index contributed by atoms with van der Waals surface area (Å²) in [7, 11) is 1.72. The summed E-state index contributed by atoms with van der Waals surface area (Å²) in [4.78, 5) is 31.9. The topological polar surface area (TPSA) is 61.7 Å². The van der Waals surface area contributed by atoms with Crippen molar-refractivity contribution in [2.75, 3.05) is 26.7 Å². The largest absolute Gasteiger partial charge is 0.332 e. The van der Waals surface area contributed by atoms with Gasteiger partial charge < -0.3 is 9.80 Å². The van der Waals surface area contributed by atoms with Crippen molar-refractivity contribution < 1.29 is 14.0 Å². The van der Waals surface area contributed by atoms with Gasteiger partial charge in [0.15, 0.2) is 0 Å². The average molecular weight is 448 g/mol. The van der Waals surface area contributed by atoms with Gasteiger partial charge in [-0.2, -0.15) is 5.10 Å². The lowest BCUT2D eigenvalue weighted by molar-refractivity contribution is -0.164. The van der Waals surface area contributed by atoms with E-state index >= 15 is 0 Å². The Balaban J connectivity index is 1.27. The van der Waals surface area contributed by atoms with Crippen molar-refractivity contribution in [1.82, 2.24) is 24.5 Å². The van der Waals surface area contributed by atoms with Crippen molar-refractivity contribution in [2.45, 2.75) is 25.0 Å². The number of rotatable bonds is 5. The molecule has 7 nitrogen and oxygen atoms in total. The molecule has 170 valence electrons. The number of benzene rings is 2. The molecule has 0 unspecified atom stereocenters. The van der Waals surface area contributed by atoms with E-state index in [0.29, 0.717) is 38.3 Å². The van der Waals surface area contributed by atoms with Gasteiger partial charge in [-0.1, -0.05) is 42.5 Å². The van der Waals surface area contributed by atoms with E-state index in [1.54, 1.807) is 47.4 Å². The lowest BCUT2D eigenvalue weighted by Gasteiger charge is -2.48. The molecule has 2 fully saturated rings. The molecule has 3 heterocycles. The zero-order valence-corrected chi connectivity index (χ0v) is 18.5. The van der Waals surface area contributed by atoms with Gasteiger partial charge in [0.05, 0.1) is 6.20 Å². The molecule has 0 spiro atoms. The van der Waals surface area contributed by atoms with Gasteiger partial charge in [-0.15, -0.1) is 0 Å². The van der Waals surface area contributed by atoms with Crippen LogP contribution in [0.3, 0.4) is 0 Å². The number of nitrogens with zero attached hydrogens (tertiary/aromatic N) is 5. The third kappa shape index (κ3) is 4.14. The summed E-state index contributed by atoms with van der Waals surface area (Å²) in [6.45, 7) is 2.23. The highest BCUT2D eigenvalue weighted by Crippen LogP contribution is 2.24. The van der Waals surface area contributed by atoms with E-state index in [2.05, 4.69) is 10.00 Å². The van der Waals surface area contributed by atoms with Crippen molar-refractivity contribution in [3.8, 4) is 5.69 Å². The van der Waals surface area contributed by atoms with Crippen LogP contribution in [0.5, 0.6) is 0 Å². The number of carbonyl (C=O) groups is 2. The molecule has 2 atom stereocenters. The summed E-state index contributed by atoms with van der Waals surface area (Å²) in [5.41, 5.74) is 2.36. The lowest BCUT2D eigenvalue weighted by Crippen LogP contribution is -2.69. The molecule has 2 amide bonds. The number of piperazine rings is 2. The zero-order valence-electron chi connectivity index (χ0n) is 18.5. The monoisotopic (exact) mass is 447 g/mol. The van der Waals surface area contributed by atoms with Gasteiger partial charge in [-0.05, 0) is 17.7 Å². The molecule has 0 N–H and O–H groups in total. The Labute approximate surface area is 192 Å². The number of para-hydroxylation sites is 1. The maximum absolute atomic E-state index is 14.1. The first-order valence-corrected chi connectivity index (χ1v) is 11.1. The van der Waals surface area contributed by atoms with Gasteiger partial charge in [0.25, 0.3) is 0 Å². The Morgan fingerprint density at radius 1 is 0.970 bits per heavy atom. The SMILES string of the molecule is CN1C(=O)[C@H]2CN(Cc3cnn(-c4ccccc4F)c3)CCN2C(=O)[C@@H]1Cc1ccccc1. The van der Waals surface area contributed by atoms with E-state index in [0.717, 1.165) is 11.1 Å². The van der Waals surface area contributed by atoms with Crippen LogP contribution in [0.15, 0.2) is 67.0 Å². The van der Waals surface area contributed by atoms with E-state index in [1.807, 2.05) is 30.3 Å². The van der Waals surface area contributed by atoms with E-state index < -0.39 is 12.1 Å². The van der Waals surface area contributed by atoms with Crippen molar-refractivity contribution in [3.05, 3.63) is 83.9 Å². The summed E-state index contributed by atoms with van der Waals surface area (Å²) in [5.74, 6) is -0.347. The second kappa shape index (κ2) is 8.78. The minimum Gasteiger partial charge on any atom is -0.332 e. The highest BCUT2D eigenvalue weighted by Gasteiger charge is 2.46. The van der Waals surface area contributed by atoms with Crippen LogP contribution >= 0.6 is 0 Å². The van der Waals surface area contributed by atoms with Crippen LogP contribution in [0.2, 0.25) is 0 Å². The molecule has 5 rings (SSSR count). The van der Waals surface area contributed by atoms with Gasteiger partial charge in [-0.25, -0.2) is 9.07 Å². The number of hydrogen-bond acceptors (Lipinski definition) is 4. The van der Waals surface area contributed by atoms with Gasteiger partial charge in [0, 0.05) is 51.4 Å². The third-order valence-electron chi connectivity index (χ3n) is 6.55. The minimum absolute atomic E-state index is 0.0120. The number of amides is 2. The maximum atomic E-state index is 14.1. The fourth-order valence-corrected chi connectivity index (χ4v) is 4.73. The second-order valence-electron chi connectivity index (χ2n) is 8.68. The van der Waals surface area contributed by atoms with Gasteiger partial charge >= 0.3 is 0 Å². The number of fused-ring (bicyclic) bond motifs is 1. The van der Waals surface area contributed by atoms with Crippen LogP contribution in [0, 0.1) is 5.82 Å². The molecule has 2 saturated heterocycles. The molecule has 2 aromatic carbocycles. The molecule has 0 aliphatic carbocycles. The minimum atomic E-state index is -0.482. The summed E-state index contributed by atoms with van der Waals surface area (Å²) in [5, 5.41) is 4.29. The summed E-state index contributed by atoms with van der Waals surface area (Å²) in [6, 6.07) is 15.3. The predicted octanol–water partition coefficient (Wildman–Crippen LogP) is 2.11. The lowest BCUT2D eigenvalue weighted by atomic mass is 9.97. The summed E-state index contributed by atoms with van der Waals surface area (Å²) in [6.07, 6.45) is 4.04. The van der Waals surface area contributed by atoms with Crippen LogP contribution in [0.1, 0.15) is 11.1 Å². The van der Waals surface area contributed by atoms with E-state index in [1.165, 1.54) is 10.7 Å². The Morgan fingerprint density at radius 2 is 1.73 bits per heavy atom. The Morgan fingerprint density at radius 3 is 2.52 bits per heavy atom. The quantitative estimate of drug-likeness (QED) is 0.601. The smallest absolute Gasteiger partial charge is 0.247 e. The first kappa shape index (κ1) is 21.3. The molecular weight excluding hydrogens is 421 g/mol. The van der Waals surface area contributed by atoms with Gasteiger partial charge in [-0.3, -0.25) is 14.5 Å². The van der Waals surface area contributed by atoms with Crippen LogP contribution in [-0.2, 0) is 22.6 Å². The highest BCUT2D eigenvalue weighted by molar-refractivity contribution is 5.97. The molecule has 2 aliphatic rings. The van der Waals surface area contributed by atoms with Crippen LogP contribution in [0.25, 0.3) is 5.69 Å². The average Bonchev–Trinajstić information content (AvgIpc) is 3.29. The molecular formula is C25H26FN5O2. The second-order valence-corrected chi connectivity index (χ2v) is 8.68. The van der Waals surface area contributed by atoms with Gasteiger partial charge in [0.1, 0.15) is 23.6 Å². The Hall–Kier alpha value is -3.52. The summed E-state index contributed by atoms with van der Waals surface area (Å²) < 4.78 is 15.6. The number of aromatic nitrogens is 2. The normalized spacial score (nSPS) is 21.4. The standard InChI is InChI=1S/C25H26FN5O2/c1-28-22(13-18-7-3-2-4-8-18)25(33)30-12-11-29(17-23(30)24(28)32)15-19-14-27-31(16-19)21-10-6-5-9-20(21)26/h2-10,14,16,22-23H,11-13,15,17H2,1H3/t22-,23+/m0/s1. The number of carbonyl (C=O) groups excluding carboxylic acids is 2. The molecule has 0 saturated carbocycles. The molecule has 8 heteroatoms.